The van der Waals surface area contributed by atoms with Crippen molar-refractivity contribution in [1.82, 2.24) is 9.55 Å². The summed E-state index contributed by atoms with van der Waals surface area (Å²) in [4.78, 5) is 20.0. The zero-order valence-electron chi connectivity index (χ0n) is 10.3. The first kappa shape index (κ1) is 11.4. The van der Waals surface area contributed by atoms with Crippen LogP contribution in [0, 0.1) is 6.92 Å². The van der Waals surface area contributed by atoms with Crippen molar-refractivity contribution in [2.75, 3.05) is 0 Å². The molecule has 0 fully saturated rings. The first-order valence-electron chi connectivity index (χ1n) is 5.81. The van der Waals surface area contributed by atoms with Crippen LogP contribution in [0.1, 0.15) is 11.4 Å². The van der Waals surface area contributed by atoms with E-state index in [9.17, 15) is 4.79 Å². The smallest absolute Gasteiger partial charge is 0.365 e. The lowest BCUT2D eigenvalue weighted by molar-refractivity contribution is -0.129. The first-order chi connectivity index (χ1) is 9.24. The Balaban J connectivity index is 1.96. The molecule has 2 heterocycles. The molecule has 1 aliphatic heterocycles. The van der Waals surface area contributed by atoms with Crippen molar-refractivity contribution in [1.29, 1.82) is 0 Å². The van der Waals surface area contributed by atoms with Crippen LogP contribution in [0.5, 0.6) is 0 Å². The van der Waals surface area contributed by atoms with Gasteiger partial charge in [0.1, 0.15) is 5.82 Å². The number of carbonyl (C=O) groups is 1. The van der Waals surface area contributed by atoms with Crippen LogP contribution in [0.25, 0.3) is 6.20 Å². The van der Waals surface area contributed by atoms with Crippen LogP contribution in [-0.2, 0) is 9.53 Å². The summed E-state index contributed by atoms with van der Waals surface area (Å²) < 4.78 is 6.89. The SMILES string of the molecule is Cc1nccn1C=C1N=C(c2ccccc2)OC1=O. The quantitative estimate of drug-likeness (QED) is 0.607. The van der Waals surface area contributed by atoms with Crippen molar-refractivity contribution in [2.45, 2.75) is 6.92 Å². The van der Waals surface area contributed by atoms with E-state index in [1.165, 1.54) is 0 Å². The number of benzene rings is 1. The van der Waals surface area contributed by atoms with Gasteiger partial charge in [-0.1, -0.05) is 18.2 Å². The molecule has 0 atom stereocenters. The number of hydrogen-bond acceptors (Lipinski definition) is 4. The Morgan fingerprint density at radius 1 is 1.26 bits per heavy atom. The molecule has 0 spiro atoms. The summed E-state index contributed by atoms with van der Waals surface area (Å²) in [7, 11) is 0. The third kappa shape index (κ3) is 2.18. The van der Waals surface area contributed by atoms with Gasteiger partial charge >= 0.3 is 5.97 Å². The summed E-state index contributed by atoms with van der Waals surface area (Å²) >= 11 is 0. The molecule has 3 rings (SSSR count). The van der Waals surface area contributed by atoms with Crippen LogP contribution in [0.3, 0.4) is 0 Å². The Hall–Kier alpha value is -2.69. The van der Waals surface area contributed by atoms with Gasteiger partial charge in [0.25, 0.3) is 0 Å². The molecular weight excluding hydrogens is 242 g/mol. The van der Waals surface area contributed by atoms with E-state index in [0.717, 1.165) is 11.4 Å². The van der Waals surface area contributed by atoms with Crippen LogP contribution in [0.2, 0.25) is 0 Å². The fraction of sp³-hybridized carbons (Fsp3) is 0.0714. The van der Waals surface area contributed by atoms with Gasteiger partial charge in [0.05, 0.1) is 0 Å². The minimum Gasteiger partial charge on any atom is -0.402 e. The number of aromatic nitrogens is 2. The average molecular weight is 253 g/mol. The molecule has 0 N–H and O–H groups in total. The van der Waals surface area contributed by atoms with Crippen LogP contribution in [-0.4, -0.2) is 21.4 Å². The van der Waals surface area contributed by atoms with Gasteiger partial charge in [-0.2, -0.15) is 0 Å². The molecule has 94 valence electrons. The van der Waals surface area contributed by atoms with Gasteiger partial charge in [-0.05, 0) is 19.1 Å². The molecular formula is C14H11N3O2. The molecule has 0 amide bonds. The molecule has 0 unspecified atom stereocenters. The summed E-state index contributed by atoms with van der Waals surface area (Å²) in [6, 6.07) is 9.32. The van der Waals surface area contributed by atoms with E-state index in [1.807, 2.05) is 37.3 Å². The highest BCUT2D eigenvalue weighted by molar-refractivity contribution is 6.12. The summed E-state index contributed by atoms with van der Waals surface area (Å²) in [6.07, 6.45) is 5.03. The van der Waals surface area contributed by atoms with Gasteiger partial charge in [0.2, 0.25) is 5.90 Å². The van der Waals surface area contributed by atoms with E-state index < -0.39 is 5.97 Å². The number of hydrogen-bond donors (Lipinski definition) is 0. The Bertz CT molecular complexity index is 684. The second kappa shape index (κ2) is 4.53. The van der Waals surface area contributed by atoms with Crippen LogP contribution >= 0.6 is 0 Å². The van der Waals surface area contributed by atoms with E-state index >= 15 is 0 Å². The molecule has 1 aromatic carbocycles. The standard InChI is InChI=1S/C14H11N3O2/c1-10-15-7-8-17(10)9-12-14(18)19-13(16-12)11-5-3-2-4-6-11/h2-9H,1H3. The zero-order chi connectivity index (χ0) is 13.2. The van der Waals surface area contributed by atoms with Crippen molar-refractivity contribution in [3.63, 3.8) is 0 Å². The number of imidazole rings is 1. The van der Waals surface area contributed by atoms with E-state index in [0.29, 0.717) is 5.90 Å². The fourth-order valence-corrected chi connectivity index (χ4v) is 1.76. The largest absolute Gasteiger partial charge is 0.402 e. The second-order valence-electron chi connectivity index (χ2n) is 4.07. The number of esters is 1. The molecule has 5 nitrogen and oxygen atoms in total. The van der Waals surface area contributed by atoms with E-state index in [2.05, 4.69) is 9.98 Å². The van der Waals surface area contributed by atoms with Crippen LogP contribution in [0.4, 0.5) is 0 Å². The zero-order valence-corrected chi connectivity index (χ0v) is 10.3. The molecule has 5 heteroatoms. The highest BCUT2D eigenvalue weighted by Gasteiger charge is 2.24. The maximum absolute atomic E-state index is 11.8. The number of cyclic esters (lactones) is 1. The minimum atomic E-state index is -0.452. The van der Waals surface area contributed by atoms with Crippen molar-refractivity contribution >= 4 is 18.1 Å². The van der Waals surface area contributed by atoms with Crippen molar-refractivity contribution < 1.29 is 9.53 Å². The van der Waals surface area contributed by atoms with E-state index in [-0.39, 0.29) is 5.70 Å². The predicted molar refractivity (Wildman–Crippen MR) is 70.3 cm³/mol. The highest BCUT2D eigenvalue weighted by Crippen LogP contribution is 2.17. The molecule has 0 saturated heterocycles. The van der Waals surface area contributed by atoms with Gasteiger partial charge in [-0.25, -0.2) is 14.8 Å². The lowest BCUT2D eigenvalue weighted by Crippen LogP contribution is -2.05. The Morgan fingerprint density at radius 3 is 2.74 bits per heavy atom. The maximum atomic E-state index is 11.8. The van der Waals surface area contributed by atoms with Crippen molar-refractivity contribution in [2.24, 2.45) is 4.99 Å². The molecule has 0 radical (unpaired) electrons. The topological polar surface area (TPSA) is 56.5 Å². The number of nitrogens with zero attached hydrogens (tertiary/aromatic N) is 3. The number of rotatable bonds is 2. The normalized spacial score (nSPS) is 16.6. The van der Waals surface area contributed by atoms with Crippen LogP contribution in [0.15, 0.2) is 53.4 Å². The van der Waals surface area contributed by atoms with Gasteiger partial charge in [0, 0.05) is 24.2 Å². The number of aryl methyl sites for hydroxylation is 1. The number of aliphatic imine (C=N–C) groups is 1. The van der Waals surface area contributed by atoms with Crippen molar-refractivity contribution in [3.05, 3.63) is 59.8 Å². The molecule has 0 aliphatic carbocycles. The second-order valence-corrected chi connectivity index (χ2v) is 4.07. The van der Waals surface area contributed by atoms with E-state index in [4.69, 9.17) is 4.74 Å². The number of ether oxygens (including phenoxy) is 1. The molecule has 1 aromatic heterocycles. The Labute approximate surface area is 109 Å². The summed E-state index contributed by atoms with van der Waals surface area (Å²) in [5.41, 5.74) is 1.04. The molecule has 2 aromatic rings. The molecule has 1 aliphatic rings. The van der Waals surface area contributed by atoms with E-state index in [1.54, 1.807) is 23.2 Å². The molecule has 0 bridgehead atoms. The predicted octanol–water partition coefficient (Wildman–Crippen LogP) is 1.99. The Morgan fingerprint density at radius 2 is 2.05 bits per heavy atom. The molecule has 0 saturated carbocycles. The van der Waals surface area contributed by atoms with Gasteiger partial charge in [-0.3, -0.25) is 0 Å². The van der Waals surface area contributed by atoms with Crippen LogP contribution < -0.4 is 0 Å². The third-order valence-electron chi connectivity index (χ3n) is 2.76. The third-order valence-corrected chi connectivity index (χ3v) is 2.76. The summed E-state index contributed by atoms with van der Waals surface area (Å²) in [5.74, 6) is 0.658. The number of carbonyl (C=O) groups excluding carboxylic acids is 1. The summed E-state index contributed by atoms with van der Waals surface area (Å²) in [5, 5.41) is 0. The van der Waals surface area contributed by atoms with Gasteiger partial charge < -0.3 is 9.30 Å². The summed E-state index contributed by atoms with van der Waals surface area (Å²) in [6.45, 7) is 1.85. The molecule has 19 heavy (non-hydrogen) atoms. The van der Waals surface area contributed by atoms with Gasteiger partial charge in [0.15, 0.2) is 5.70 Å². The highest BCUT2D eigenvalue weighted by atomic mass is 16.6. The monoisotopic (exact) mass is 253 g/mol. The maximum Gasteiger partial charge on any atom is 0.365 e. The van der Waals surface area contributed by atoms with Crippen molar-refractivity contribution in [3.8, 4) is 0 Å². The minimum absolute atomic E-state index is 0.264. The Kier molecular flexibility index (Phi) is 2.72. The lowest BCUT2D eigenvalue weighted by Gasteiger charge is -1.97. The lowest BCUT2D eigenvalue weighted by atomic mass is 10.2. The fourth-order valence-electron chi connectivity index (χ4n) is 1.76. The van der Waals surface area contributed by atoms with Gasteiger partial charge in [-0.15, -0.1) is 0 Å². The first-order valence-corrected chi connectivity index (χ1v) is 5.81. The average Bonchev–Trinajstić information content (AvgIpc) is 2.99.